The fourth-order valence-corrected chi connectivity index (χ4v) is 2.71. The highest BCUT2D eigenvalue weighted by molar-refractivity contribution is 5.31. The minimum Gasteiger partial charge on any atom is -0.389 e. The summed E-state index contributed by atoms with van der Waals surface area (Å²) in [6.45, 7) is 8.96. The molecule has 0 amide bonds. The second kappa shape index (κ2) is 8.49. The van der Waals surface area contributed by atoms with E-state index in [0.29, 0.717) is 26.2 Å². The smallest absolute Gasteiger partial charge is 0.389 e. The van der Waals surface area contributed by atoms with Gasteiger partial charge in [0.2, 0.25) is 5.95 Å². The molecule has 1 aromatic heterocycles. The van der Waals surface area contributed by atoms with E-state index >= 15 is 0 Å². The van der Waals surface area contributed by atoms with Crippen molar-refractivity contribution in [2.24, 2.45) is 0 Å². The Morgan fingerprint density at radius 1 is 1.19 bits per heavy atom. The lowest BCUT2D eigenvalue weighted by atomic mass is 10.2. The summed E-state index contributed by atoms with van der Waals surface area (Å²) in [7, 11) is 0. The summed E-state index contributed by atoms with van der Waals surface area (Å²) in [4.78, 5) is 11.5. The Balaban J connectivity index is 1.90. The number of aliphatic hydroxyl groups is 1. The maximum absolute atomic E-state index is 12.8. The van der Waals surface area contributed by atoms with Gasteiger partial charge in [-0.05, 0) is 39.8 Å². The fraction of sp³-hybridized carbons (Fsp3) is 0.765. The van der Waals surface area contributed by atoms with E-state index in [1.54, 1.807) is 4.90 Å². The number of aromatic nitrogens is 2. The average molecular weight is 376 g/mol. The standard InChI is InChI=1S/C17H27F3N4O2/c1-16(2,3)26-12-13(25)11-23-7-4-8-24(10-9-23)15-21-6-5-14(22-15)17(18,19)20/h5-6,13,25H,4,7-12H2,1-3H3. The molecule has 148 valence electrons. The van der Waals surface area contributed by atoms with Crippen LogP contribution in [0.25, 0.3) is 0 Å². The molecule has 1 aliphatic heterocycles. The molecule has 26 heavy (non-hydrogen) atoms. The summed E-state index contributed by atoms with van der Waals surface area (Å²) in [5.74, 6) is 0.0956. The first kappa shape index (κ1) is 20.9. The highest BCUT2D eigenvalue weighted by Gasteiger charge is 2.33. The van der Waals surface area contributed by atoms with E-state index in [4.69, 9.17) is 4.74 Å². The van der Waals surface area contributed by atoms with Crippen molar-refractivity contribution in [3.63, 3.8) is 0 Å². The van der Waals surface area contributed by atoms with Crippen LogP contribution in [-0.2, 0) is 10.9 Å². The molecule has 2 rings (SSSR count). The quantitative estimate of drug-likeness (QED) is 0.850. The molecule has 9 heteroatoms. The van der Waals surface area contributed by atoms with Gasteiger partial charge in [0.1, 0.15) is 5.69 Å². The zero-order valence-electron chi connectivity index (χ0n) is 15.5. The van der Waals surface area contributed by atoms with Crippen LogP contribution in [0, 0.1) is 0 Å². The first-order valence-electron chi connectivity index (χ1n) is 8.74. The van der Waals surface area contributed by atoms with Crippen LogP contribution in [0.2, 0.25) is 0 Å². The number of halogens is 3. The summed E-state index contributed by atoms with van der Waals surface area (Å²) >= 11 is 0. The van der Waals surface area contributed by atoms with Crippen LogP contribution in [-0.4, -0.2) is 71.0 Å². The van der Waals surface area contributed by atoms with Gasteiger partial charge in [-0.15, -0.1) is 0 Å². The Morgan fingerprint density at radius 2 is 1.92 bits per heavy atom. The number of hydrogen-bond acceptors (Lipinski definition) is 6. The summed E-state index contributed by atoms with van der Waals surface area (Å²) in [6.07, 6.45) is -3.19. The Hall–Kier alpha value is -1.45. The largest absolute Gasteiger partial charge is 0.433 e. The van der Waals surface area contributed by atoms with Gasteiger partial charge in [0, 0.05) is 32.4 Å². The van der Waals surface area contributed by atoms with Gasteiger partial charge < -0.3 is 14.7 Å². The highest BCUT2D eigenvalue weighted by Crippen LogP contribution is 2.28. The topological polar surface area (TPSA) is 61.7 Å². The summed E-state index contributed by atoms with van der Waals surface area (Å²) in [5.41, 5.74) is -1.24. The molecule has 1 aromatic rings. The van der Waals surface area contributed by atoms with Crippen LogP contribution in [0.4, 0.5) is 19.1 Å². The van der Waals surface area contributed by atoms with Gasteiger partial charge in [-0.3, -0.25) is 4.90 Å². The number of alkyl halides is 3. The molecule has 0 aromatic carbocycles. The monoisotopic (exact) mass is 376 g/mol. The third kappa shape index (κ3) is 6.69. The first-order valence-corrected chi connectivity index (χ1v) is 8.74. The van der Waals surface area contributed by atoms with Gasteiger partial charge in [0.15, 0.2) is 0 Å². The van der Waals surface area contributed by atoms with Crippen molar-refractivity contribution in [3.05, 3.63) is 18.0 Å². The fourth-order valence-electron chi connectivity index (χ4n) is 2.71. The SMILES string of the molecule is CC(C)(C)OCC(O)CN1CCCN(c2nccc(C(F)(F)F)n2)CC1. The molecule has 1 fully saturated rings. The molecular weight excluding hydrogens is 349 g/mol. The van der Waals surface area contributed by atoms with Gasteiger partial charge >= 0.3 is 6.18 Å². The maximum atomic E-state index is 12.8. The number of nitrogens with zero attached hydrogens (tertiary/aromatic N) is 4. The lowest BCUT2D eigenvalue weighted by molar-refractivity contribution is -0.141. The Kier molecular flexibility index (Phi) is 6.81. The third-order valence-electron chi connectivity index (χ3n) is 3.98. The minimum atomic E-state index is -4.48. The van der Waals surface area contributed by atoms with Crippen molar-refractivity contribution < 1.29 is 23.0 Å². The first-order chi connectivity index (χ1) is 12.0. The molecule has 1 aliphatic rings. The Morgan fingerprint density at radius 3 is 2.58 bits per heavy atom. The Labute approximate surface area is 152 Å². The Bertz CT molecular complexity index is 578. The van der Waals surface area contributed by atoms with Gasteiger partial charge in [0.25, 0.3) is 0 Å². The van der Waals surface area contributed by atoms with E-state index in [2.05, 4.69) is 14.9 Å². The number of rotatable bonds is 5. The van der Waals surface area contributed by atoms with E-state index in [1.807, 2.05) is 20.8 Å². The third-order valence-corrected chi connectivity index (χ3v) is 3.98. The zero-order valence-corrected chi connectivity index (χ0v) is 15.5. The molecule has 0 radical (unpaired) electrons. The molecule has 0 bridgehead atoms. The van der Waals surface area contributed by atoms with Crippen molar-refractivity contribution in [1.29, 1.82) is 0 Å². The van der Waals surface area contributed by atoms with Gasteiger partial charge in [0.05, 0.1) is 18.3 Å². The lowest BCUT2D eigenvalue weighted by Crippen LogP contribution is -2.39. The molecule has 0 saturated carbocycles. The second-order valence-electron chi connectivity index (χ2n) is 7.46. The van der Waals surface area contributed by atoms with Crippen molar-refractivity contribution in [2.45, 2.75) is 45.1 Å². The molecular formula is C17H27F3N4O2. The van der Waals surface area contributed by atoms with Crippen LogP contribution in [0.5, 0.6) is 0 Å². The van der Waals surface area contributed by atoms with Crippen LogP contribution in [0.3, 0.4) is 0 Å². The molecule has 1 N–H and O–H groups in total. The number of ether oxygens (including phenoxy) is 1. The van der Waals surface area contributed by atoms with E-state index in [9.17, 15) is 18.3 Å². The molecule has 1 atom stereocenters. The molecule has 0 aliphatic carbocycles. The predicted octanol–water partition coefficient (Wildman–Crippen LogP) is 2.18. The van der Waals surface area contributed by atoms with E-state index in [0.717, 1.165) is 25.2 Å². The van der Waals surface area contributed by atoms with Crippen molar-refractivity contribution >= 4 is 5.95 Å². The van der Waals surface area contributed by atoms with E-state index < -0.39 is 18.0 Å². The lowest BCUT2D eigenvalue weighted by Gasteiger charge is -2.26. The van der Waals surface area contributed by atoms with Crippen LogP contribution >= 0.6 is 0 Å². The number of hydrogen-bond donors (Lipinski definition) is 1. The normalized spacial score (nSPS) is 18.7. The summed E-state index contributed by atoms with van der Waals surface area (Å²) in [6, 6.07) is 0.874. The molecule has 0 spiro atoms. The van der Waals surface area contributed by atoms with E-state index in [1.165, 1.54) is 0 Å². The number of anilines is 1. The molecule has 1 saturated heterocycles. The van der Waals surface area contributed by atoms with E-state index in [-0.39, 0.29) is 18.2 Å². The number of aliphatic hydroxyl groups excluding tert-OH is 1. The maximum Gasteiger partial charge on any atom is 0.433 e. The van der Waals surface area contributed by atoms with Crippen molar-refractivity contribution in [1.82, 2.24) is 14.9 Å². The number of β-amino-alcohol motifs (C(OH)–C–C–N with tert-alkyl or cyclic N) is 1. The van der Waals surface area contributed by atoms with Crippen LogP contribution in [0.1, 0.15) is 32.9 Å². The molecule has 6 nitrogen and oxygen atoms in total. The van der Waals surface area contributed by atoms with Crippen LogP contribution in [0.15, 0.2) is 12.3 Å². The summed E-state index contributed by atoms with van der Waals surface area (Å²) in [5, 5.41) is 10.1. The molecule has 2 heterocycles. The highest BCUT2D eigenvalue weighted by atomic mass is 19.4. The van der Waals surface area contributed by atoms with Gasteiger partial charge in [-0.25, -0.2) is 9.97 Å². The molecule has 1 unspecified atom stereocenters. The average Bonchev–Trinajstić information content (AvgIpc) is 2.77. The zero-order chi connectivity index (χ0) is 19.4. The second-order valence-corrected chi connectivity index (χ2v) is 7.46. The van der Waals surface area contributed by atoms with Gasteiger partial charge in [-0.1, -0.05) is 0 Å². The van der Waals surface area contributed by atoms with Crippen molar-refractivity contribution in [3.8, 4) is 0 Å². The van der Waals surface area contributed by atoms with Crippen molar-refractivity contribution in [2.75, 3.05) is 44.2 Å². The minimum absolute atomic E-state index is 0.0956. The summed E-state index contributed by atoms with van der Waals surface area (Å²) < 4.78 is 44.0. The van der Waals surface area contributed by atoms with Gasteiger partial charge in [-0.2, -0.15) is 13.2 Å². The van der Waals surface area contributed by atoms with Crippen LogP contribution < -0.4 is 4.90 Å². The predicted molar refractivity (Wildman–Crippen MR) is 92.0 cm³/mol.